The van der Waals surface area contributed by atoms with E-state index < -0.39 is 12.2 Å². The van der Waals surface area contributed by atoms with Gasteiger partial charge < -0.3 is 25.4 Å². The highest BCUT2D eigenvalue weighted by molar-refractivity contribution is 5.94. The zero-order valence-electron chi connectivity index (χ0n) is 19.9. The molecule has 9 atom stereocenters. The summed E-state index contributed by atoms with van der Waals surface area (Å²) in [5, 5.41) is 31.3. The topological polar surface area (TPSA) is 99.0 Å². The first-order chi connectivity index (χ1) is 14.7. The van der Waals surface area contributed by atoms with Gasteiger partial charge in [-0.3, -0.25) is 4.79 Å². The molecule has 0 aliphatic heterocycles. The minimum Gasteiger partial charge on any atom is -0.400 e. The van der Waals surface area contributed by atoms with Crippen LogP contribution in [0.15, 0.2) is 11.6 Å². The Morgan fingerprint density at radius 3 is 2.45 bits per heavy atom. The van der Waals surface area contributed by atoms with Crippen molar-refractivity contribution >= 4 is 5.78 Å². The number of aliphatic hydroxyl groups is 3. The molecule has 6 heteroatoms. The van der Waals surface area contributed by atoms with Crippen molar-refractivity contribution in [2.24, 2.45) is 34.5 Å². The predicted molar refractivity (Wildman–Crippen MR) is 120 cm³/mol. The number of ketones is 1. The molecule has 0 saturated heterocycles. The normalized spacial score (nSPS) is 44.9. The first-order valence-electron chi connectivity index (χ1n) is 12.0. The summed E-state index contributed by atoms with van der Waals surface area (Å²) in [6.07, 6.45) is 6.04. The SMILES string of the molecule is CO.COCCNC(C)C1CCC2C3=CC(=O)[C@@H]4CC(O)C(O)C[C@]4(C)C3CCC21C. The first-order valence-corrected chi connectivity index (χ1v) is 12.0. The molecule has 0 aromatic heterocycles. The lowest BCUT2D eigenvalue weighted by Gasteiger charge is -2.57. The third-order valence-corrected chi connectivity index (χ3v) is 9.38. The highest BCUT2D eigenvalue weighted by Crippen LogP contribution is 2.65. The van der Waals surface area contributed by atoms with Gasteiger partial charge in [0.1, 0.15) is 0 Å². The van der Waals surface area contributed by atoms with Gasteiger partial charge in [-0.25, -0.2) is 0 Å². The van der Waals surface area contributed by atoms with Crippen LogP contribution in [0.25, 0.3) is 0 Å². The van der Waals surface area contributed by atoms with Crippen molar-refractivity contribution in [3.63, 3.8) is 0 Å². The molecule has 4 aliphatic carbocycles. The molecule has 0 bridgehead atoms. The second-order valence-electron chi connectivity index (χ2n) is 10.7. The Balaban J connectivity index is 0.00000132. The Labute approximate surface area is 187 Å². The third-order valence-electron chi connectivity index (χ3n) is 9.38. The maximum Gasteiger partial charge on any atom is 0.159 e. The molecule has 6 nitrogen and oxygen atoms in total. The Kier molecular flexibility index (Phi) is 7.69. The minimum absolute atomic E-state index is 0.147. The van der Waals surface area contributed by atoms with Crippen LogP contribution in [0.2, 0.25) is 0 Å². The van der Waals surface area contributed by atoms with E-state index in [0.29, 0.717) is 36.6 Å². The van der Waals surface area contributed by atoms with Crippen LogP contribution in [0.3, 0.4) is 0 Å². The number of carbonyl (C=O) groups is 1. The molecule has 4 aliphatic rings. The van der Waals surface area contributed by atoms with Crippen molar-refractivity contribution in [2.45, 2.75) is 77.5 Å². The number of rotatable bonds is 5. The fourth-order valence-electron chi connectivity index (χ4n) is 7.79. The zero-order valence-corrected chi connectivity index (χ0v) is 19.9. The molecular weight excluding hydrogens is 394 g/mol. The van der Waals surface area contributed by atoms with Gasteiger partial charge in [0.15, 0.2) is 5.78 Å². The quantitative estimate of drug-likeness (QED) is 0.493. The Morgan fingerprint density at radius 1 is 1.10 bits per heavy atom. The number of allylic oxidation sites excluding steroid dienone is 2. The van der Waals surface area contributed by atoms with Crippen molar-refractivity contribution in [1.82, 2.24) is 5.32 Å². The Morgan fingerprint density at radius 2 is 1.77 bits per heavy atom. The molecule has 3 fully saturated rings. The van der Waals surface area contributed by atoms with Crippen LogP contribution < -0.4 is 5.32 Å². The summed E-state index contributed by atoms with van der Waals surface area (Å²) in [6.45, 7) is 8.55. The van der Waals surface area contributed by atoms with Crippen LogP contribution in [0.5, 0.6) is 0 Å². The Bertz CT molecular complexity index is 681. The fourth-order valence-corrected chi connectivity index (χ4v) is 7.79. The molecule has 7 unspecified atom stereocenters. The molecule has 0 amide bonds. The number of hydrogen-bond acceptors (Lipinski definition) is 6. The summed E-state index contributed by atoms with van der Waals surface area (Å²) < 4.78 is 5.20. The van der Waals surface area contributed by atoms with E-state index in [1.54, 1.807) is 7.11 Å². The van der Waals surface area contributed by atoms with E-state index >= 15 is 0 Å². The van der Waals surface area contributed by atoms with E-state index in [0.717, 1.165) is 33.1 Å². The van der Waals surface area contributed by atoms with Gasteiger partial charge in [0.05, 0.1) is 18.8 Å². The van der Waals surface area contributed by atoms with Gasteiger partial charge in [-0.05, 0) is 80.1 Å². The van der Waals surface area contributed by atoms with E-state index in [1.807, 2.05) is 6.08 Å². The predicted octanol–water partition coefficient (Wildman–Crippen LogP) is 2.31. The van der Waals surface area contributed by atoms with Crippen molar-refractivity contribution in [3.05, 3.63) is 11.6 Å². The van der Waals surface area contributed by atoms with Gasteiger partial charge >= 0.3 is 0 Å². The van der Waals surface area contributed by atoms with Crippen LogP contribution in [-0.4, -0.2) is 66.7 Å². The average molecular weight is 438 g/mol. The second-order valence-corrected chi connectivity index (χ2v) is 10.7. The summed E-state index contributed by atoms with van der Waals surface area (Å²) in [6, 6.07) is 0.437. The zero-order chi connectivity index (χ0) is 23.0. The molecule has 0 spiro atoms. The maximum absolute atomic E-state index is 13.1. The summed E-state index contributed by atoms with van der Waals surface area (Å²) in [4.78, 5) is 13.1. The van der Waals surface area contributed by atoms with Crippen LogP contribution in [0, 0.1) is 34.5 Å². The van der Waals surface area contributed by atoms with Crippen LogP contribution in [0.4, 0.5) is 0 Å². The van der Waals surface area contributed by atoms with Crippen LogP contribution in [0.1, 0.15) is 59.3 Å². The highest BCUT2D eigenvalue weighted by Gasteiger charge is 2.60. The molecule has 0 heterocycles. The van der Waals surface area contributed by atoms with E-state index in [-0.39, 0.29) is 22.5 Å². The van der Waals surface area contributed by atoms with Crippen molar-refractivity contribution in [1.29, 1.82) is 0 Å². The van der Waals surface area contributed by atoms with Crippen molar-refractivity contribution in [3.8, 4) is 0 Å². The number of hydrogen-bond donors (Lipinski definition) is 4. The van der Waals surface area contributed by atoms with Crippen molar-refractivity contribution in [2.75, 3.05) is 27.4 Å². The number of ether oxygens (including phenoxy) is 1. The second kappa shape index (κ2) is 9.60. The van der Waals surface area contributed by atoms with Gasteiger partial charge in [-0.15, -0.1) is 0 Å². The maximum atomic E-state index is 13.1. The molecular formula is C25H43NO5. The average Bonchev–Trinajstić information content (AvgIpc) is 3.09. The number of fused-ring (bicyclic) bond motifs is 5. The van der Waals surface area contributed by atoms with Gasteiger partial charge in [0.25, 0.3) is 0 Å². The standard InChI is InChI=1S/C24H39NO4.CH4O/c1-14(25-9-10-29-4)16-5-6-17-15-11-20(26)19-12-21(27)22(28)13-24(19,3)18(15)7-8-23(16,17)2;1-2/h11,14,16-19,21-22,25,27-28H,5-10,12-13H2,1-4H3;2H,1H3/t14?,16?,17?,18?,19-,21?,22?,23?,24+;/m0./s1. The molecule has 178 valence electrons. The molecule has 0 aromatic rings. The molecule has 31 heavy (non-hydrogen) atoms. The largest absolute Gasteiger partial charge is 0.400 e. The smallest absolute Gasteiger partial charge is 0.159 e. The monoisotopic (exact) mass is 437 g/mol. The number of carbonyl (C=O) groups excluding carboxylic acids is 1. The van der Waals surface area contributed by atoms with E-state index in [9.17, 15) is 15.0 Å². The van der Waals surface area contributed by atoms with Crippen molar-refractivity contribution < 1.29 is 24.9 Å². The summed E-state index contributed by atoms with van der Waals surface area (Å²) in [5.74, 6) is 1.46. The van der Waals surface area contributed by atoms with Gasteiger partial charge in [-0.2, -0.15) is 0 Å². The highest BCUT2D eigenvalue weighted by atomic mass is 16.5. The fraction of sp³-hybridized carbons (Fsp3) is 0.880. The first kappa shape index (κ1) is 24.8. The lowest BCUT2D eigenvalue weighted by atomic mass is 9.47. The molecule has 4 N–H and O–H groups in total. The molecule has 0 radical (unpaired) electrons. The minimum atomic E-state index is -0.768. The number of aliphatic hydroxyl groups excluding tert-OH is 3. The lowest BCUT2D eigenvalue weighted by Crippen LogP contribution is -2.56. The lowest BCUT2D eigenvalue weighted by molar-refractivity contribution is -0.143. The number of methoxy groups -OCH3 is 1. The number of nitrogens with one attached hydrogen (secondary N) is 1. The van der Waals surface area contributed by atoms with E-state index in [1.165, 1.54) is 18.4 Å². The van der Waals surface area contributed by atoms with Gasteiger partial charge in [0.2, 0.25) is 0 Å². The molecule has 3 saturated carbocycles. The molecule has 4 rings (SSSR count). The van der Waals surface area contributed by atoms with E-state index in [4.69, 9.17) is 9.84 Å². The Hall–Kier alpha value is -0.790. The van der Waals surface area contributed by atoms with Crippen LogP contribution in [-0.2, 0) is 9.53 Å². The third kappa shape index (κ3) is 4.15. The summed E-state index contributed by atoms with van der Waals surface area (Å²) >= 11 is 0. The van der Waals surface area contributed by atoms with Gasteiger partial charge in [0, 0.05) is 32.7 Å². The summed E-state index contributed by atoms with van der Waals surface area (Å²) in [5.41, 5.74) is 1.36. The summed E-state index contributed by atoms with van der Waals surface area (Å²) in [7, 11) is 2.74. The molecule has 0 aromatic carbocycles. The van der Waals surface area contributed by atoms with Gasteiger partial charge in [-0.1, -0.05) is 19.4 Å². The van der Waals surface area contributed by atoms with E-state index in [2.05, 4.69) is 26.1 Å². The van der Waals surface area contributed by atoms with Crippen LogP contribution >= 0.6 is 0 Å².